The molecule has 0 bridgehead atoms. The standard InChI is InChI=1S/C16H20ClNO5/c1-4-5-22-8-13(16(20)21)18-14(19)9-23-12-6-10(2)15(17)11(3)7-12/h4,6-7,13H,1,5,8-9H2,2-3H3,(H,18,19)(H,20,21). The lowest BCUT2D eigenvalue weighted by molar-refractivity contribution is -0.143. The summed E-state index contributed by atoms with van der Waals surface area (Å²) in [5.74, 6) is -1.24. The number of rotatable bonds is 9. The van der Waals surface area contributed by atoms with Crippen LogP contribution in [0.4, 0.5) is 0 Å². The molecule has 23 heavy (non-hydrogen) atoms. The first-order valence-electron chi connectivity index (χ1n) is 6.95. The minimum atomic E-state index is -1.18. The molecule has 0 heterocycles. The number of carboxylic acids is 1. The quantitative estimate of drug-likeness (QED) is 0.531. The number of hydrogen-bond acceptors (Lipinski definition) is 4. The van der Waals surface area contributed by atoms with E-state index in [1.165, 1.54) is 6.08 Å². The number of hydrogen-bond donors (Lipinski definition) is 2. The number of carboxylic acid groups (broad SMARTS) is 1. The molecule has 1 aromatic carbocycles. The first-order chi connectivity index (χ1) is 10.8. The van der Waals surface area contributed by atoms with E-state index in [1.54, 1.807) is 12.1 Å². The van der Waals surface area contributed by atoms with Crippen molar-refractivity contribution in [2.24, 2.45) is 0 Å². The van der Waals surface area contributed by atoms with Gasteiger partial charge >= 0.3 is 5.97 Å². The number of nitrogens with one attached hydrogen (secondary N) is 1. The van der Waals surface area contributed by atoms with Crippen LogP contribution in [0.25, 0.3) is 0 Å². The number of amides is 1. The second kappa shape index (κ2) is 9.17. The Morgan fingerprint density at radius 1 is 1.39 bits per heavy atom. The largest absolute Gasteiger partial charge is 0.484 e. The Balaban J connectivity index is 2.55. The first kappa shape index (κ1) is 19.0. The lowest BCUT2D eigenvalue weighted by Gasteiger charge is -2.15. The van der Waals surface area contributed by atoms with Crippen LogP contribution < -0.4 is 10.1 Å². The molecule has 0 fully saturated rings. The predicted octanol–water partition coefficient (Wildman–Crippen LogP) is 2.11. The van der Waals surface area contributed by atoms with E-state index in [9.17, 15) is 9.59 Å². The second-order valence-electron chi connectivity index (χ2n) is 4.94. The molecule has 0 saturated carbocycles. The molecule has 1 rings (SSSR count). The number of aryl methyl sites for hydroxylation is 2. The first-order valence-corrected chi connectivity index (χ1v) is 7.33. The van der Waals surface area contributed by atoms with Crippen LogP contribution in [0.1, 0.15) is 11.1 Å². The summed E-state index contributed by atoms with van der Waals surface area (Å²) in [5.41, 5.74) is 1.67. The Morgan fingerprint density at radius 3 is 2.52 bits per heavy atom. The minimum absolute atomic E-state index is 0.147. The maximum absolute atomic E-state index is 11.8. The van der Waals surface area contributed by atoms with E-state index in [1.807, 2.05) is 13.8 Å². The van der Waals surface area contributed by atoms with Gasteiger partial charge in [0.05, 0.1) is 13.2 Å². The summed E-state index contributed by atoms with van der Waals surface area (Å²) in [5, 5.41) is 12.0. The van der Waals surface area contributed by atoms with Crippen molar-refractivity contribution >= 4 is 23.5 Å². The fraction of sp³-hybridized carbons (Fsp3) is 0.375. The van der Waals surface area contributed by atoms with E-state index < -0.39 is 17.9 Å². The molecule has 2 N–H and O–H groups in total. The van der Waals surface area contributed by atoms with Crippen LogP contribution in [0.2, 0.25) is 5.02 Å². The van der Waals surface area contributed by atoms with Crippen molar-refractivity contribution in [1.29, 1.82) is 0 Å². The zero-order valence-electron chi connectivity index (χ0n) is 13.1. The average molecular weight is 342 g/mol. The van der Waals surface area contributed by atoms with Crippen LogP contribution in [0.5, 0.6) is 5.75 Å². The Hall–Kier alpha value is -2.05. The lowest BCUT2D eigenvalue weighted by Crippen LogP contribution is -2.45. The molecule has 6 nitrogen and oxygen atoms in total. The molecular formula is C16H20ClNO5. The topological polar surface area (TPSA) is 84.9 Å². The molecule has 1 amide bonds. The van der Waals surface area contributed by atoms with Gasteiger partial charge in [0.15, 0.2) is 12.6 Å². The number of carbonyl (C=O) groups excluding carboxylic acids is 1. The molecular weight excluding hydrogens is 322 g/mol. The van der Waals surface area contributed by atoms with Gasteiger partial charge in [0.25, 0.3) is 5.91 Å². The number of halogens is 1. The normalized spacial score (nSPS) is 11.6. The summed E-state index contributed by atoms with van der Waals surface area (Å²) in [6, 6.07) is 2.29. The molecule has 1 unspecified atom stereocenters. The lowest BCUT2D eigenvalue weighted by atomic mass is 10.1. The number of ether oxygens (including phenoxy) is 2. The van der Waals surface area contributed by atoms with E-state index in [4.69, 9.17) is 26.2 Å². The van der Waals surface area contributed by atoms with E-state index in [0.29, 0.717) is 10.8 Å². The molecule has 0 saturated heterocycles. The molecule has 0 radical (unpaired) electrons. The van der Waals surface area contributed by atoms with Crippen molar-refractivity contribution in [3.8, 4) is 5.75 Å². The van der Waals surface area contributed by atoms with E-state index >= 15 is 0 Å². The van der Waals surface area contributed by atoms with Crippen molar-refractivity contribution in [1.82, 2.24) is 5.32 Å². The molecule has 0 aliphatic carbocycles. The van der Waals surface area contributed by atoms with Gasteiger partial charge in [-0.05, 0) is 37.1 Å². The SMILES string of the molecule is C=CCOCC(NC(=O)COc1cc(C)c(Cl)c(C)c1)C(=O)O. The van der Waals surface area contributed by atoms with Crippen molar-refractivity contribution in [3.05, 3.63) is 40.9 Å². The van der Waals surface area contributed by atoms with Crippen LogP contribution in [0, 0.1) is 13.8 Å². The highest BCUT2D eigenvalue weighted by Crippen LogP contribution is 2.25. The fourth-order valence-corrected chi connectivity index (χ4v) is 1.93. The van der Waals surface area contributed by atoms with Crippen LogP contribution >= 0.6 is 11.6 Å². The second-order valence-corrected chi connectivity index (χ2v) is 5.32. The predicted molar refractivity (Wildman–Crippen MR) is 87.0 cm³/mol. The molecule has 7 heteroatoms. The van der Waals surface area contributed by atoms with Gasteiger partial charge in [-0.25, -0.2) is 4.79 Å². The number of benzene rings is 1. The third-order valence-corrected chi connectivity index (χ3v) is 3.53. The zero-order valence-corrected chi connectivity index (χ0v) is 13.9. The number of carbonyl (C=O) groups is 2. The van der Waals surface area contributed by atoms with Gasteiger partial charge in [0, 0.05) is 5.02 Å². The van der Waals surface area contributed by atoms with Gasteiger partial charge in [-0.1, -0.05) is 17.7 Å². The average Bonchev–Trinajstić information content (AvgIpc) is 2.49. The van der Waals surface area contributed by atoms with Gasteiger partial charge in [-0.15, -0.1) is 6.58 Å². The Morgan fingerprint density at radius 2 is 2.00 bits per heavy atom. The Labute approximate surface area is 140 Å². The van der Waals surface area contributed by atoms with Gasteiger partial charge in [-0.3, -0.25) is 4.79 Å². The zero-order chi connectivity index (χ0) is 17.4. The van der Waals surface area contributed by atoms with Gasteiger partial charge in [-0.2, -0.15) is 0 Å². The Kier molecular flexibility index (Phi) is 7.57. The maximum Gasteiger partial charge on any atom is 0.328 e. The summed E-state index contributed by atoms with van der Waals surface area (Å²) >= 11 is 6.06. The van der Waals surface area contributed by atoms with E-state index in [2.05, 4.69) is 11.9 Å². The summed E-state index contributed by atoms with van der Waals surface area (Å²) in [6.07, 6.45) is 1.50. The van der Waals surface area contributed by atoms with Crippen molar-refractivity contribution in [2.75, 3.05) is 19.8 Å². The van der Waals surface area contributed by atoms with Gasteiger partial charge in [0.2, 0.25) is 0 Å². The number of aliphatic carboxylic acids is 1. The van der Waals surface area contributed by atoms with Crippen LogP contribution in [-0.2, 0) is 14.3 Å². The van der Waals surface area contributed by atoms with E-state index in [-0.39, 0.29) is 19.8 Å². The summed E-state index contributed by atoms with van der Waals surface area (Å²) in [4.78, 5) is 22.9. The highest BCUT2D eigenvalue weighted by molar-refractivity contribution is 6.32. The third kappa shape index (κ3) is 6.30. The molecule has 0 aliphatic heterocycles. The van der Waals surface area contributed by atoms with E-state index in [0.717, 1.165) is 11.1 Å². The molecule has 1 atom stereocenters. The summed E-state index contributed by atoms with van der Waals surface area (Å²) in [6.45, 7) is 6.88. The highest BCUT2D eigenvalue weighted by Gasteiger charge is 2.20. The van der Waals surface area contributed by atoms with Crippen molar-refractivity contribution < 1.29 is 24.2 Å². The van der Waals surface area contributed by atoms with Gasteiger partial charge < -0.3 is 19.9 Å². The molecule has 1 aromatic rings. The Bertz CT molecular complexity index is 565. The monoisotopic (exact) mass is 341 g/mol. The van der Waals surface area contributed by atoms with Crippen molar-refractivity contribution in [2.45, 2.75) is 19.9 Å². The molecule has 0 spiro atoms. The van der Waals surface area contributed by atoms with Gasteiger partial charge in [0.1, 0.15) is 5.75 Å². The summed E-state index contributed by atoms with van der Waals surface area (Å²) < 4.78 is 10.4. The maximum atomic E-state index is 11.8. The van der Waals surface area contributed by atoms with Crippen molar-refractivity contribution in [3.63, 3.8) is 0 Å². The third-order valence-electron chi connectivity index (χ3n) is 2.93. The molecule has 126 valence electrons. The smallest absolute Gasteiger partial charge is 0.328 e. The fourth-order valence-electron chi connectivity index (χ4n) is 1.82. The molecule has 0 aliphatic rings. The molecule has 0 aromatic heterocycles. The van der Waals surface area contributed by atoms with Crippen LogP contribution in [0.15, 0.2) is 24.8 Å². The summed E-state index contributed by atoms with van der Waals surface area (Å²) in [7, 11) is 0. The van der Waals surface area contributed by atoms with Crippen LogP contribution in [0.3, 0.4) is 0 Å². The van der Waals surface area contributed by atoms with Crippen LogP contribution in [-0.4, -0.2) is 42.8 Å². The minimum Gasteiger partial charge on any atom is -0.484 e. The highest BCUT2D eigenvalue weighted by atomic mass is 35.5.